The molecule has 0 atom stereocenters. The molecule has 1 aliphatic heterocycles. The molecule has 10 nitrogen and oxygen atoms in total. The lowest BCUT2D eigenvalue weighted by atomic mass is 9.77. The highest BCUT2D eigenvalue weighted by molar-refractivity contribution is 5.99. The van der Waals surface area contributed by atoms with Crippen molar-refractivity contribution < 1.29 is 35.9 Å². The van der Waals surface area contributed by atoms with Crippen molar-refractivity contribution in [3.05, 3.63) is 51.1 Å². The van der Waals surface area contributed by atoms with Crippen LogP contribution in [-0.4, -0.2) is 71.2 Å². The molecule has 0 radical (unpaired) electrons. The average molecular weight is 590 g/mol. The fraction of sp³-hybridized carbons (Fsp3) is 0.560. The van der Waals surface area contributed by atoms with Crippen LogP contribution in [0.5, 0.6) is 0 Å². The number of carbonyl (C=O) groups excluding carboxylic acids is 2. The Morgan fingerprint density at radius 3 is 2.20 bits per heavy atom. The summed E-state index contributed by atoms with van der Waals surface area (Å²) in [5.74, 6) is -1.02. The number of rotatable bonds is 6. The van der Waals surface area contributed by atoms with Gasteiger partial charge < -0.3 is 20.4 Å². The van der Waals surface area contributed by atoms with Crippen LogP contribution in [0.4, 0.5) is 32.2 Å². The Balaban J connectivity index is 1.34. The Bertz CT molecular complexity index is 1360. The summed E-state index contributed by atoms with van der Waals surface area (Å²) in [5, 5.41) is 11.2. The third-order valence-electron chi connectivity index (χ3n) is 7.36. The largest absolute Gasteiger partial charge is 0.421 e. The van der Waals surface area contributed by atoms with Gasteiger partial charge in [-0.05, 0) is 38.8 Å². The van der Waals surface area contributed by atoms with Crippen LogP contribution in [-0.2, 0) is 22.7 Å². The van der Waals surface area contributed by atoms with E-state index in [1.807, 2.05) is 5.10 Å². The second-order valence-corrected chi connectivity index (χ2v) is 10.6. The van der Waals surface area contributed by atoms with Crippen LogP contribution in [0.1, 0.15) is 53.9 Å². The Morgan fingerprint density at radius 1 is 1.00 bits per heavy atom. The molecule has 2 aliphatic rings. The quantitative estimate of drug-likeness (QED) is 0.443. The number of amides is 2. The Hall–Kier alpha value is -3.69. The molecule has 0 aromatic carbocycles. The van der Waals surface area contributed by atoms with E-state index in [1.54, 1.807) is 23.6 Å². The van der Waals surface area contributed by atoms with Gasteiger partial charge in [0.25, 0.3) is 11.5 Å². The van der Waals surface area contributed by atoms with Crippen molar-refractivity contribution in [1.29, 1.82) is 0 Å². The molecule has 3 heterocycles. The molecule has 2 amide bonds. The molecule has 16 heteroatoms. The molecule has 0 bridgehead atoms. The van der Waals surface area contributed by atoms with E-state index in [9.17, 15) is 40.7 Å². The minimum absolute atomic E-state index is 0.00308. The molecule has 1 saturated carbocycles. The summed E-state index contributed by atoms with van der Waals surface area (Å²) in [5.41, 5.74) is -4.94. The van der Waals surface area contributed by atoms with Gasteiger partial charge >= 0.3 is 12.4 Å². The summed E-state index contributed by atoms with van der Waals surface area (Å²) in [4.78, 5) is 44.1. The zero-order valence-electron chi connectivity index (χ0n) is 22.4. The zero-order chi connectivity index (χ0) is 30.3. The highest BCUT2D eigenvalue weighted by Gasteiger charge is 2.42. The van der Waals surface area contributed by atoms with Crippen molar-refractivity contribution in [1.82, 2.24) is 30.7 Å². The van der Waals surface area contributed by atoms with Crippen LogP contribution >= 0.6 is 0 Å². The number of alkyl halides is 6. The van der Waals surface area contributed by atoms with Crippen molar-refractivity contribution in [2.45, 2.75) is 50.6 Å². The molecule has 4 rings (SSSR count). The number of aromatic amines is 1. The first-order chi connectivity index (χ1) is 19.0. The van der Waals surface area contributed by atoms with E-state index in [0.29, 0.717) is 25.1 Å². The number of pyridine rings is 1. The van der Waals surface area contributed by atoms with Gasteiger partial charge in [-0.3, -0.25) is 14.4 Å². The number of carbonyl (C=O) groups is 2. The molecule has 1 saturated heterocycles. The molecule has 0 unspecified atom stereocenters. The fourth-order valence-corrected chi connectivity index (χ4v) is 5.02. The molecular formula is C25H29F6N7O3. The predicted molar refractivity (Wildman–Crippen MR) is 134 cm³/mol. The van der Waals surface area contributed by atoms with Gasteiger partial charge in [0, 0.05) is 51.4 Å². The second-order valence-electron chi connectivity index (χ2n) is 10.6. The Kier molecular flexibility index (Phi) is 8.08. The average Bonchev–Trinajstić information content (AvgIpc) is 2.88. The van der Waals surface area contributed by atoms with Crippen molar-refractivity contribution in [3.8, 4) is 0 Å². The number of halogens is 6. The number of hydrogen-bond acceptors (Lipinski definition) is 7. The van der Waals surface area contributed by atoms with Crippen molar-refractivity contribution in [3.63, 3.8) is 0 Å². The van der Waals surface area contributed by atoms with E-state index in [2.05, 4.69) is 20.7 Å². The minimum Gasteiger partial charge on any atom is -0.355 e. The molecule has 41 heavy (non-hydrogen) atoms. The minimum atomic E-state index is -4.83. The maximum absolute atomic E-state index is 13.2. The molecule has 2 aromatic heterocycles. The molecular weight excluding hydrogens is 560 g/mol. The number of piperazine rings is 1. The number of nitrogens with zero attached hydrogens (tertiary/aromatic N) is 4. The molecule has 224 valence electrons. The molecule has 2 aromatic rings. The lowest BCUT2D eigenvalue weighted by Gasteiger charge is -2.43. The van der Waals surface area contributed by atoms with Crippen LogP contribution in [0.2, 0.25) is 0 Å². The number of nitrogens with one attached hydrogen (secondary N) is 3. The van der Waals surface area contributed by atoms with Gasteiger partial charge in [0.2, 0.25) is 5.91 Å². The SMILES string of the molecule is CNC(=O)c1cc(C(F)(F)F)cnc1N1CCN(C(=O)C2CC(NC(C)(C)c3cc(C(F)(F)F)c(=O)[nH]n3)C2)CC1. The summed E-state index contributed by atoms with van der Waals surface area (Å²) in [7, 11) is 1.31. The van der Waals surface area contributed by atoms with Crippen molar-refractivity contribution >= 4 is 17.6 Å². The third-order valence-corrected chi connectivity index (χ3v) is 7.36. The number of H-pyrrole nitrogens is 1. The first-order valence-corrected chi connectivity index (χ1v) is 12.8. The van der Waals surface area contributed by atoms with Crippen molar-refractivity contribution in [2.75, 3.05) is 38.1 Å². The van der Waals surface area contributed by atoms with E-state index >= 15 is 0 Å². The molecule has 0 spiro atoms. The summed E-state index contributed by atoms with van der Waals surface area (Å²) >= 11 is 0. The van der Waals surface area contributed by atoms with E-state index in [-0.39, 0.29) is 61.1 Å². The summed E-state index contributed by atoms with van der Waals surface area (Å²) < 4.78 is 78.9. The van der Waals surface area contributed by atoms with Gasteiger partial charge in [-0.2, -0.15) is 31.4 Å². The van der Waals surface area contributed by atoms with Gasteiger partial charge in [0.05, 0.1) is 22.4 Å². The van der Waals surface area contributed by atoms with Gasteiger partial charge in [-0.15, -0.1) is 0 Å². The van der Waals surface area contributed by atoms with Crippen LogP contribution in [0.3, 0.4) is 0 Å². The molecule has 2 fully saturated rings. The molecule has 1 aliphatic carbocycles. The topological polar surface area (TPSA) is 123 Å². The van der Waals surface area contributed by atoms with Crippen LogP contribution in [0.25, 0.3) is 0 Å². The Labute approximate surface area is 230 Å². The first-order valence-electron chi connectivity index (χ1n) is 12.8. The number of anilines is 1. The van der Waals surface area contributed by atoms with E-state index in [1.165, 1.54) is 7.05 Å². The maximum atomic E-state index is 13.2. The first kappa shape index (κ1) is 30.3. The van der Waals surface area contributed by atoms with Gasteiger partial charge in [-0.25, -0.2) is 10.1 Å². The van der Waals surface area contributed by atoms with E-state index in [4.69, 9.17) is 0 Å². The van der Waals surface area contributed by atoms with Gasteiger partial charge in [0.1, 0.15) is 11.4 Å². The third kappa shape index (κ3) is 6.47. The maximum Gasteiger partial charge on any atom is 0.421 e. The van der Waals surface area contributed by atoms with Gasteiger partial charge in [-0.1, -0.05) is 0 Å². The van der Waals surface area contributed by atoms with Crippen molar-refractivity contribution in [2.24, 2.45) is 5.92 Å². The van der Waals surface area contributed by atoms with Crippen LogP contribution in [0.15, 0.2) is 23.1 Å². The monoisotopic (exact) mass is 589 g/mol. The van der Waals surface area contributed by atoms with Crippen LogP contribution < -0.4 is 21.1 Å². The van der Waals surface area contributed by atoms with E-state index in [0.717, 1.165) is 6.07 Å². The Morgan fingerprint density at radius 2 is 1.63 bits per heavy atom. The highest BCUT2D eigenvalue weighted by Crippen LogP contribution is 2.35. The smallest absolute Gasteiger partial charge is 0.355 e. The van der Waals surface area contributed by atoms with E-state index < -0.39 is 40.5 Å². The van der Waals surface area contributed by atoms with Crippen LogP contribution in [0, 0.1) is 5.92 Å². The summed E-state index contributed by atoms with van der Waals surface area (Å²) in [6.07, 6.45) is -7.92. The number of hydrogen-bond donors (Lipinski definition) is 3. The fourth-order valence-electron chi connectivity index (χ4n) is 5.02. The predicted octanol–water partition coefficient (Wildman–Crippen LogP) is 2.51. The lowest BCUT2D eigenvalue weighted by molar-refractivity contribution is -0.140. The lowest BCUT2D eigenvalue weighted by Crippen LogP contribution is -2.56. The zero-order valence-corrected chi connectivity index (χ0v) is 22.4. The summed E-state index contributed by atoms with van der Waals surface area (Å²) in [6, 6.07) is 1.30. The highest BCUT2D eigenvalue weighted by atomic mass is 19.4. The molecule has 3 N–H and O–H groups in total. The number of aromatic nitrogens is 3. The second kappa shape index (κ2) is 10.9. The standard InChI is InChI=1S/C25H29F6N7O3/c1-23(2,18-11-17(25(29,30)31)21(40)36-35-18)34-15-8-13(9-15)22(41)38-6-4-37(5-7-38)19-16(20(39)32-3)10-14(12-33-19)24(26,27)28/h10-13,15,34H,4-9H2,1-3H3,(H,32,39)(H,36,40). The van der Waals surface area contributed by atoms with Gasteiger partial charge in [0.15, 0.2) is 0 Å². The normalized spacial score (nSPS) is 20.0. The summed E-state index contributed by atoms with van der Waals surface area (Å²) in [6.45, 7) is 4.32.